The fraction of sp³-hybridized carbons (Fsp3) is 0.463. The highest BCUT2D eigenvalue weighted by Gasteiger charge is 2.45. The summed E-state index contributed by atoms with van der Waals surface area (Å²) in [6.07, 6.45) is 4.72. The summed E-state index contributed by atoms with van der Waals surface area (Å²) in [6, 6.07) is 3.31. The van der Waals surface area contributed by atoms with Gasteiger partial charge in [-0.25, -0.2) is 9.78 Å². The number of hydrogen-bond donors (Lipinski definition) is 16. The van der Waals surface area contributed by atoms with Gasteiger partial charge in [0.05, 0.1) is 19.5 Å². The first-order valence-corrected chi connectivity index (χ1v) is 38.6. The van der Waals surface area contributed by atoms with E-state index in [0.717, 1.165) is 43.2 Å². The molecule has 0 radical (unpaired) electrons. The van der Waals surface area contributed by atoms with E-state index in [4.69, 9.17) is 5.73 Å². The fourth-order valence-corrected chi connectivity index (χ4v) is 17.0. The van der Waals surface area contributed by atoms with E-state index >= 15 is 14.4 Å². The first kappa shape index (κ1) is 77.8. The summed E-state index contributed by atoms with van der Waals surface area (Å²) < 4.78 is 0. The fourth-order valence-electron chi connectivity index (χ4n) is 12.3. The predicted octanol–water partition coefficient (Wildman–Crippen LogP) is -1.68. The van der Waals surface area contributed by atoms with E-state index in [1.54, 1.807) is 61.7 Å². The van der Waals surface area contributed by atoms with E-state index in [9.17, 15) is 63.3 Å². The molecule has 12 amide bonds. The highest BCUT2D eigenvalue weighted by Crippen LogP contribution is 2.29. The molecule has 0 unspecified atom stereocenters. The number of para-hydroxylation sites is 1. The topological polar surface area (TPSA) is 480 Å². The molecule has 2 bridgehead atoms. The number of aromatic nitrogens is 3. The minimum Gasteiger partial charge on any atom is -0.508 e. The number of nitrogens with two attached hydrogens (primary N) is 1. The van der Waals surface area contributed by atoms with Crippen molar-refractivity contribution in [2.75, 3.05) is 49.3 Å². The number of aromatic amines is 2. The molecular formula is C67H84N16O16S4. The number of fused-ring (bicyclic) bond motifs is 11. The third-order valence-electron chi connectivity index (χ3n) is 17.8. The molecule has 0 spiro atoms. The van der Waals surface area contributed by atoms with Gasteiger partial charge in [-0.05, 0) is 67.0 Å². The van der Waals surface area contributed by atoms with Crippen molar-refractivity contribution in [1.82, 2.24) is 77.9 Å². The van der Waals surface area contributed by atoms with Crippen molar-refractivity contribution in [3.63, 3.8) is 0 Å². The molecule has 36 heteroatoms. The lowest BCUT2D eigenvalue weighted by Gasteiger charge is -2.33. The molecule has 4 saturated heterocycles. The Morgan fingerprint density at radius 3 is 1.72 bits per heavy atom. The summed E-state index contributed by atoms with van der Waals surface area (Å²) in [6.45, 7) is 0.173. The largest absolute Gasteiger partial charge is 0.508 e. The number of aliphatic hydroxyl groups excluding tert-OH is 1. The molecule has 552 valence electrons. The number of benzene rings is 3. The summed E-state index contributed by atoms with van der Waals surface area (Å²) in [5.74, 6) is -13.8. The number of hydrogen-bond acceptors (Lipinski definition) is 21. The average molecular weight is 1500 g/mol. The van der Waals surface area contributed by atoms with E-state index < -0.39 is 174 Å². The molecule has 5 aromatic rings. The number of amides is 12. The maximum atomic E-state index is 15.3. The number of carbonyl (C=O) groups excluding carboxylic acids is 12. The number of phenolic OH excluding ortho intramolecular Hbond substituents is 1. The zero-order valence-corrected chi connectivity index (χ0v) is 59.4. The van der Waals surface area contributed by atoms with E-state index in [1.807, 2.05) is 6.07 Å². The zero-order valence-electron chi connectivity index (χ0n) is 56.1. The van der Waals surface area contributed by atoms with Crippen molar-refractivity contribution in [2.45, 2.75) is 144 Å². The number of nitrogens with one attached hydrogen (secondary N) is 12. The van der Waals surface area contributed by atoms with Crippen molar-refractivity contribution in [1.29, 1.82) is 0 Å². The van der Waals surface area contributed by atoms with Crippen molar-refractivity contribution in [3.8, 4) is 5.75 Å². The quantitative estimate of drug-likeness (QED) is 0.0552. The second-order valence-corrected chi connectivity index (χ2v) is 30.2. The third-order valence-corrected chi connectivity index (χ3v) is 22.6. The van der Waals surface area contributed by atoms with Crippen LogP contribution in [0.4, 0.5) is 0 Å². The Kier molecular flexibility index (Phi) is 28.5. The summed E-state index contributed by atoms with van der Waals surface area (Å²) in [4.78, 5) is 203. The molecule has 4 aliphatic heterocycles. The number of carboxylic acid groups (broad SMARTS) is 1. The molecule has 0 aliphatic carbocycles. The number of rotatable bonds is 14. The molecule has 9 rings (SSSR count). The molecule has 3 aromatic carbocycles. The number of aliphatic carboxylic acids is 1. The molecule has 4 fully saturated rings. The van der Waals surface area contributed by atoms with Gasteiger partial charge < -0.3 is 94.0 Å². The van der Waals surface area contributed by atoms with Crippen LogP contribution in [-0.2, 0) is 88.0 Å². The number of phenols is 1. The Labute approximate surface area is 607 Å². The number of carbonyl (C=O) groups is 13. The monoisotopic (exact) mass is 1500 g/mol. The van der Waals surface area contributed by atoms with Gasteiger partial charge in [0, 0.05) is 90.8 Å². The van der Waals surface area contributed by atoms with Crippen molar-refractivity contribution in [3.05, 3.63) is 120 Å². The Morgan fingerprint density at radius 1 is 0.553 bits per heavy atom. The Bertz CT molecular complexity index is 3860. The summed E-state index contributed by atoms with van der Waals surface area (Å²) in [7, 11) is 3.53. The van der Waals surface area contributed by atoms with Gasteiger partial charge in [0.1, 0.15) is 78.3 Å². The minimum atomic E-state index is -1.82. The van der Waals surface area contributed by atoms with Gasteiger partial charge in [-0.3, -0.25) is 57.5 Å². The lowest BCUT2D eigenvalue weighted by molar-refractivity contribution is -0.148. The smallest absolute Gasteiger partial charge is 0.327 e. The van der Waals surface area contributed by atoms with Crippen LogP contribution in [0.1, 0.15) is 67.8 Å². The first-order valence-electron chi connectivity index (χ1n) is 33.6. The molecular weight excluding hydrogens is 1410 g/mol. The van der Waals surface area contributed by atoms with E-state index in [-0.39, 0.29) is 75.3 Å². The highest BCUT2D eigenvalue weighted by atomic mass is 33.1. The number of aliphatic hydroxyl groups is 1. The molecule has 6 heterocycles. The van der Waals surface area contributed by atoms with Gasteiger partial charge in [-0.15, -0.1) is 0 Å². The summed E-state index contributed by atoms with van der Waals surface area (Å²) >= 11 is 0. The maximum absolute atomic E-state index is 15.3. The Hall–Kier alpha value is -9.36. The van der Waals surface area contributed by atoms with E-state index in [2.05, 4.69) is 68.1 Å². The van der Waals surface area contributed by atoms with Crippen molar-refractivity contribution >= 4 is 131 Å². The van der Waals surface area contributed by atoms with Gasteiger partial charge in [-0.2, -0.15) is 0 Å². The van der Waals surface area contributed by atoms with Crippen LogP contribution in [0.2, 0.25) is 0 Å². The van der Waals surface area contributed by atoms with Crippen LogP contribution in [0.5, 0.6) is 5.75 Å². The molecule has 4 aliphatic rings. The normalized spacial score (nSPS) is 26.2. The number of H-pyrrole nitrogens is 2. The van der Waals surface area contributed by atoms with Crippen LogP contribution in [0.3, 0.4) is 0 Å². The molecule has 0 saturated carbocycles. The molecule has 12 atom stereocenters. The average Bonchev–Trinajstić information content (AvgIpc) is 1.69. The van der Waals surface area contributed by atoms with Crippen LogP contribution < -0.4 is 58.9 Å². The van der Waals surface area contributed by atoms with Gasteiger partial charge in [0.15, 0.2) is 0 Å². The second-order valence-electron chi connectivity index (χ2n) is 25.1. The number of carboxylic acids is 1. The second kappa shape index (κ2) is 37.7. The number of aromatic hydroxyl groups is 1. The lowest BCUT2D eigenvalue weighted by Crippen LogP contribution is -2.61. The number of imidazole rings is 1. The third kappa shape index (κ3) is 21.4. The predicted molar refractivity (Wildman–Crippen MR) is 384 cm³/mol. The SMILES string of the molecule is CCC[C@@H]1NC(=O)[C@H](Cc2c[nH]c3ccccc23)NC(=O)[C@H](Cc2ccccc2)NC(=O)[C@@H]2CSSC[C@H](NC(=O)CN)C(=O)N[C@@H](CSSC[C@@H](C(=O)O)NC(=O)[C@H](Cc3ccc(O)cc3)NC1=O)C(=O)N[C@@H](CO)C(=O)N[C@@H](Cc1cnc[nH]1)C(=O)N1CCC[C@H]1C(=O)N1CCC[C@H]1C(=O)N2. The molecule has 103 heavy (non-hydrogen) atoms. The number of nitrogens with zero attached hydrogens (tertiary/aromatic N) is 3. The van der Waals surface area contributed by atoms with Crippen LogP contribution in [0, 0.1) is 0 Å². The summed E-state index contributed by atoms with van der Waals surface area (Å²) in [5, 5.41) is 58.8. The lowest BCUT2D eigenvalue weighted by atomic mass is 10.0. The van der Waals surface area contributed by atoms with Crippen molar-refractivity contribution < 1.29 is 77.6 Å². The molecule has 2 aromatic heterocycles. The standard InChI is InChI=1S/C67H84N16O16S4/c1-2-10-43-56(87)74-45(24-37-17-19-40(85)20-18-37)58(89)81-52(67(98)99)34-103-102-32-50-63(94)78-48(30-84)60(91)77-47(26-39-29-69-35-71-39)65(96)83-22-9-16-54(83)66(97)82-21-8-15-53(82)64(95)80-51(33-101-100-31-49(61(92)79-50)72-55(86)27-68)62(93)75-44(23-36-11-4-3-5-12-36)57(88)76-46(59(90)73-43)25-38-28-70-42-14-7-6-13-41(38)42/h3-7,11-14,17-20,28-29,35,43-54,70,84-85H,2,8-10,15-16,21-27,30-34,68H2,1H3,(H,69,71)(H,72,86)(H,73,90)(H,74,87)(H,75,93)(H,76,88)(H,77,91)(H,78,94)(H,79,92)(H,80,95)(H,81,89)(H,98,99)/t43-,44-,45-,46-,47-,48-,49-,50-,51-,52-,53-,54-/m0/s1. The Balaban J connectivity index is 1.14. The van der Waals surface area contributed by atoms with Gasteiger partial charge in [0.25, 0.3) is 0 Å². The Morgan fingerprint density at radius 2 is 1.09 bits per heavy atom. The van der Waals surface area contributed by atoms with Crippen molar-refractivity contribution in [2.24, 2.45) is 5.73 Å². The zero-order chi connectivity index (χ0) is 73.7. The van der Waals surface area contributed by atoms with Gasteiger partial charge in [0.2, 0.25) is 70.9 Å². The van der Waals surface area contributed by atoms with Crippen LogP contribution in [0.15, 0.2) is 97.6 Å². The molecule has 17 N–H and O–H groups in total. The minimum absolute atomic E-state index is 0.0183. The van der Waals surface area contributed by atoms with E-state index in [0.29, 0.717) is 52.5 Å². The van der Waals surface area contributed by atoms with Crippen LogP contribution in [0.25, 0.3) is 10.9 Å². The van der Waals surface area contributed by atoms with E-state index in [1.165, 1.54) is 46.6 Å². The van der Waals surface area contributed by atoms with Crippen LogP contribution in [-0.4, -0.2) is 239 Å². The highest BCUT2D eigenvalue weighted by molar-refractivity contribution is 8.77. The summed E-state index contributed by atoms with van der Waals surface area (Å²) in [5.41, 5.74) is 8.30. The van der Waals surface area contributed by atoms with Gasteiger partial charge >= 0.3 is 5.97 Å². The maximum Gasteiger partial charge on any atom is 0.327 e. The van der Waals surface area contributed by atoms with Gasteiger partial charge in [-0.1, -0.05) is 117 Å². The molecule has 32 nitrogen and oxygen atoms in total. The van der Waals surface area contributed by atoms with Crippen LogP contribution >= 0.6 is 43.2 Å². The first-order chi connectivity index (χ1) is 49.6.